The Kier molecular flexibility index (Phi) is 3.27. The Morgan fingerprint density at radius 3 is 2.84 bits per heavy atom. The van der Waals surface area contributed by atoms with Crippen LogP contribution in [0.3, 0.4) is 0 Å². The third-order valence-electron chi connectivity index (χ3n) is 4.27. The van der Waals surface area contributed by atoms with Gasteiger partial charge in [0.25, 0.3) is 5.91 Å². The van der Waals surface area contributed by atoms with Crippen molar-refractivity contribution in [2.75, 3.05) is 13.1 Å². The molecule has 4 nitrogen and oxygen atoms in total. The van der Waals surface area contributed by atoms with E-state index in [1.165, 1.54) is 12.8 Å². The van der Waals surface area contributed by atoms with Gasteiger partial charge in [-0.1, -0.05) is 0 Å². The Balaban J connectivity index is 1.79. The van der Waals surface area contributed by atoms with Crippen LogP contribution in [0.1, 0.15) is 41.0 Å². The van der Waals surface area contributed by atoms with Gasteiger partial charge in [0.05, 0.1) is 11.3 Å². The minimum Gasteiger partial charge on any atom is -0.337 e. The lowest BCUT2D eigenvalue weighted by molar-refractivity contribution is 0.0747. The van der Waals surface area contributed by atoms with Crippen LogP contribution in [-0.2, 0) is 0 Å². The molecule has 2 saturated heterocycles. The van der Waals surface area contributed by atoms with Crippen molar-refractivity contribution in [2.24, 2.45) is 0 Å². The highest BCUT2D eigenvalue weighted by Crippen LogP contribution is 2.22. The fourth-order valence-electron chi connectivity index (χ4n) is 3.21. The molecule has 0 radical (unpaired) electrons. The summed E-state index contributed by atoms with van der Waals surface area (Å²) in [7, 11) is 0. The molecular weight excluding hydrogens is 238 g/mol. The quantitative estimate of drug-likeness (QED) is 0.834. The fourth-order valence-corrected chi connectivity index (χ4v) is 3.21. The Morgan fingerprint density at radius 2 is 2.05 bits per heavy atom. The number of carbonyl (C=O) groups is 1. The van der Waals surface area contributed by atoms with E-state index in [0.29, 0.717) is 12.1 Å². The first-order valence-corrected chi connectivity index (χ1v) is 7.13. The molecule has 102 valence electrons. The van der Waals surface area contributed by atoms with Gasteiger partial charge in [0.2, 0.25) is 0 Å². The summed E-state index contributed by atoms with van der Waals surface area (Å²) in [5, 5.41) is 3.60. The highest BCUT2D eigenvalue weighted by atomic mass is 16.2. The van der Waals surface area contributed by atoms with Crippen LogP contribution in [0.25, 0.3) is 0 Å². The molecular formula is C15H21N3O. The maximum Gasteiger partial charge on any atom is 0.255 e. The lowest BCUT2D eigenvalue weighted by atomic mass is 10.1. The maximum atomic E-state index is 12.6. The largest absolute Gasteiger partial charge is 0.337 e. The van der Waals surface area contributed by atoms with Gasteiger partial charge in [-0.2, -0.15) is 0 Å². The number of rotatable bonds is 1. The number of hydrogen-bond acceptors (Lipinski definition) is 3. The van der Waals surface area contributed by atoms with Crippen LogP contribution in [-0.4, -0.2) is 41.0 Å². The first-order chi connectivity index (χ1) is 9.13. The van der Waals surface area contributed by atoms with E-state index < -0.39 is 0 Å². The number of hydrogen-bond donors (Lipinski definition) is 1. The number of amides is 1. The van der Waals surface area contributed by atoms with Crippen LogP contribution in [0.2, 0.25) is 0 Å². The highest BCUT2D eigenvalue weighted by molar-refractivity contribution is 5.95. The Bertz CT molecular complexity index is 500. The van der Waals surface area contributed by atoms with E-state index in [2.05, 4.69) is 10.3 Å². The highest BCUT2D eigenvalue weighted by Gasteiger charge is 2.31. The number of fused-ring (bicyclic) bond motifs is 2. The van der Waals surface area contributed by atoms with Gasteiger partial charge < -0.3 is 10.2 Å². The Labute approximate surface area is 114 Å². The molecule has 4 heteroatoms. The molecule has 3 heterocycles. The van der Waals surface area contributed by atoms with Gasteiger partial charge in [-0.15, -0.1) is 0 Å². The molecule has 0 aliphatic carbocycles. The second-order valence-corrected chi connectivity index (χ2v) is 5.76. The fraction of sp³-hybridized carbons (Fsp3) is 0.600. The lowest BCUT2D eigenvalue weighted by Gasteiger charge is -2.24. The van der Waals surface area contributed by atoms with E-state index in [1.807, 2.05) is 30.9 Å². The summed E-state index contributed by atoms with van der Waals surface area (Å²) in [6.45, 7) is 5.57. The van der Waals surface area contributed by atoms with Gasteiger partial charge in [0, 0.05) is 30.9 Å². The van der Waals surface area contributed by atoms with Crippen LogP contribution in [0, 0.1) is 13.8 Å². The van der Waals surface area contributed by atoms with Crippen molar-refractivity contribution in [1.29, 1.82) is 0 Å². The van der Waals surface area contributed by atoms with Gasteiger partial charge in [-0.3, -0.25) is 9.78 Å². The minimum atomic E-state index is 0.138. The molecule has 3 rings (SSSR count). The Morgan fingerprint density at radius 1 is 1.26 bits per heavy atom. The van der Waals surface area contributed by atoms with Gasteiger partial charge in [-0.25, -0.2) is 0 Å². The molecule has 0 spiro atoms. The second-order valence-electron chi connectivity index (χ2n) is 5.76. The van der Waals surface area contributed by atoms with Crippen LogP contribution < -0.4 is 5.32 Å². The second kappa shape index (κ2) is 4.93. The summed E-state index contributed by atoms with van der Waals surface area (Å²) < 4.78 is 0. The number of pyridine rings is 1. The van der Waals surface area contributed by atoms with Crippen LogP contribution in [0.5, 0.6) is 0 Å². The molecule has 2 fully saturated rings. The number of aromatic nitrogens is 1. The average Bonchev–Trinajstić information content (AvgIpc) is 2.68. The van der Waals surface area contributed by atoms with E-state index in [-0.39, 0.29) is 5.91 Å². The Hall–Kier alpha value is -1.42. The smallest absolute Gasteiger partial charge is 0.255 e. The van der Waals surface area contributed by atoms with E-state index in [0.717, 1.165) is 36.5 Å². The van der Waals surface area contributed by atoms with Crippen molar-refractivity contribution in [2.45, 2.75) is 45.2 Å². The van der Waals surface area contributed by atoms with Crippen LogP contribution >= 0.6 is 0 Å². The molecule has 2 aliphatic rings. The van der Waals surface area contributed by atoms with Crippen molar-refractivity contribution in [1.82, 2.24) is 15.2 Å². The predicted molar refractivity (Wildman–Crippen MR) is 74.2 cm³/mol. The molecule has 1 N–H and O–H groups in total. The van der Waals surface area contributed by atoms with E-state index >= 15 is 0 Å². The first-order valence-electron chi connectivity index (χ1n) is 7.13. The molecule has 2 aliphatic heterocycles. The van der Waals surface area contributed by atoms with Crippen molar-refractivity contribution in [3.63, 3.8) is 0 Å². The number of nitrogens with zero attached hydrogens (tertiary/aromatic N) is 2. The number of carbonyl (C=O) groups excluding carboxylic acids is 1. The third-order valence-corrected chi connectivity index (χ3v) is 4.27. The number of likely N-dealkylation sites (tertiary alicyclic amines) is 1. The topological polar surface area (TPSA) is 45.2 Å². The van der Waals surface area contributed by atoms with Gasteiger partial charge in [0.1, 0.15) is 0 Å². The average molecular weight is 259 g/mol. The third kappa shape index (κ3) is 2.50. The lowest BCUT2D eigenvalue weighted by Crippen LogP contribution is -2.39. The summed E-state index contributed by atoms with van der Waals surface area (Å²) in [4.78, 5) is 19.0. The minimum absolute atomic E-state index is 0.138. The molecule has 19 heavy (non-hydrogen) atoms. The molecule has 2 unspecified atom stereocenters. The molecule has 2 bridgehead atoms. The summed E-state index contributed by atoms with van der Waals surface area (Å²) in [6, 6.07) is 4.93. The zero-order valence-electron chi connectivity index (χ0n) is 11.6. The predicted octanol–water partition coefficient (Wildman–Crippen LogP) is 1.66. The van der Waals surface area contributed by atoms with E-state index in [1.54, 1.807) is 0 Å². The van der Waals surface area contributed by atoms with Gasteiger partial charge in [-0.05, 0) is 45.2 Å². The van der Waals surface area contributed by atoms with E-state index in [9.17, 15) is 4.79 Å². The summed E-state index contributed by atoms with van der Waals surface area (Å²) in [5.41, 5.74) is 2.56. The molecule has 1 aromatic rings. The van der Waals surface area contributed by atoms with Crippen molar-refractivity contribution in [3.05, 3.63) is 29.1 Å². The molecule has 0 saturated carbocycles. The maximum absolute atomic E-state index is 12.6. The summed E-state index contributed by atoms with van der Waals surface area (Å²) >= 11 is 0. The van der Waals surface area contributed by atoms with Crippen LogP contribution in [0.15, 0.2) is 12.1 Å². The zero-order chi connectivity index (χ0) is 13.4. The van der Waals surface area contributed by atoms with Crippen LogP contribution in [0.4, 0.5) is 0 Å². The van der Waals surface area contributed by atoms with E-state index in [4.69, 9.17) is 0 Å². The molecule has 2 atom stereocenters. The van der Waals surface area contributed by atoms with Gasteiger partial charge in [0.15, 0.2) is 0 Å². The molecule has 1 amide bonds. The number of nitrogens with one attached hydrogen (secondary N) is 1. The van der Waals surface area contributed by atoms with Crippen molar-refractivity contribution in [3.8, 4) is 0 Å². The zero-order valence-corrected chi connectivity index (χ0v) is 11.6. The molecule has 1 aromatic heterocycles. The SMILES string of the molecule is Cc1ccc(C(=O)N2CCC3CCC(C2)N3)c(C)n1. The molecule has 0 aromatic carbocycles. The monoisotopic (exact) mass is 259 g/mol. The standard InChI is InChI=1S/C15H21N3O/c1-10-3-6-14(11(2)16-10)15(19)18-8-7-12-4-5-13(9-18)17-12/h3,6,12-13,17H,4-5,7-9H2,1-2H3. The normalized spacial score (nSPS) is 26.3. The summed E-state index contributed by atoms with van der Waals surface area (Å²) in [5.74, 6) is 0.138. The summed E-state index contributed by atoms with van der Waals surface area (Å²) in [6.07, 6.45) is 3.53. The van der Waals surface area contributed by atoms with Crippen molar-refractivity contribution < 1.29 is 4.79 Å². The van der Waals surface area contributed by atoms with Crippen molar-refractivity contribution >= 4 is 5.91 Å². The first kappa shape index (κ1) is 12.6. The van der Waals surface area contributed by atoms with Gasteiger partial charge >= 0.3 is 0 Å². The number of aryl methyl sites for hydroxylation is 2.